The molecule has 2 N–H and O–H groups in total. The van der Waals surface area contributed by atoms with E-state index >= 15 is 0 Å². The van der Waals surface area contributed by atoms with Gasteiger partial charge in [0.25, 0.3) is 5.91 Å². The molecule has 0 aliphatic carbocycles. The molecular formula is C16H17NO3. The Hall–Kier alpha value is -2.33. The lowest BCUT2D eigenvalue weighted by Crippen LogP contribution is -2.24. The van der Waals surface area contributed by atoms with Gasteiger partial charge in [-0.1, -0.05) is 30.3 Å². The fourth-order valence-electron chi connectivity index (χ4n) is 1.62. The molecule has 0 aliphatic rings. The number of rotatable bonds is 5. The Morgan fingerprint density at radius 2 is 1.80 bits per heavy atom. The predicted molar refractivity (Wildman–Crippen MR) is 77.5 cm³/mol. The van der Waals surface area contributed by atoms with Gasteiger partial charge in [0.05, 0.1) is 0 Å². The van der Waals surface area contributed by atoms with E-state index in [1.807, 2.05) is 30.3 Å². The van der Waals surface area contributed by atoms with Crippen molar-refractivity contribution >= 4 is 11.6 Å². The van der Waals surface area contributed by atoms with Crippen LogP contribution in [0.3, 0.4) is 0 Å². The van der Waals surface area contributed by atoms with Crippen molar-refractivity contribution in [2.45, 2.75) is 19.6 Å². The lowest BCUT2D eigenvalue weighted by atomic mass is 10.2. The van der Waals surface area contributed by atoms with E-state index in [0.29, 0.717) is 12.3 Å². The van der Waals surface area contributed by atoms with Gasteiger partial charge < -0.3 is 15.2 Å². The molecule has 0 saturated carbocycles. The number of ether oxygens (including phenoxy) is 1. The van der Waals surface area contributed by atoms with Gasteiger partial charge in [0, 0.05) is 5.69 Å². The average molecular weight is 271 g/mol. The van der Waals surface area contributed by atoms with Crippen LogP contribution in [0.4, 0.5) is 5.69 Å². The molecule has 1 atom stereocenters. The van der Waals surface area contributed by atoms with Crippen molar-refractivity contribution in [3.05, 3.63) is 60.2 Å². The van der Waals surface area contributed by atoms with Gasteiger partial charge in [0.1, 0.15) is 18.5 Å². The molecule has 2 aromatic rings. The normalized spacial score (nSPS) is 11.7. The van der Waals surface area contributed by atoms with E-state index in [-0.39, 0.29) is 0 Å². The smallest absolute Gasteiger partial charge is 0.252 e. The van der Waals surface area contributed by atoms with Crippen molar-refractivity contribution in [3.63, 3.8) is 0 Å². The van der Waals surface area contributed by atoms with Gasteiger partial charge in [-0.25, -0.2) is 0 Å². The minimum absolute atomic E-state index is 0.428. The molecule has 0 spiro atoms. The van der Waals surface area contributed by atoms with Crippen molar-refractivity contribution in [3.8, 4) is 5.75 Å². The number of anilines is 1. The molecule has 0 radical (unpaired) electrons. The summed E-state index contributed by atoms with van der Waals surface area (Å²) in [6.45, 7) is 1.92. The SMILES string of the molecule is CC(O)C(=O)Nc1ccc(OCc2ccccc2)cc1. The third kappa shape index (κ3) is 4.10. The Morgan fingerprint density at radius 1 is 1.15 bits per heavy atom. The molecule has 2 aromatic carbocycles. The molecule has 0 heterocycles. The van der Waals surface area contributed by atoms with E-state index in [1.54, 1.807) is 24.3 Å². The zero-order valence-electron chi connectivity index (χ0n) is 11.2. The fourth-order valence-corrected chi connectivity index (χ4v) is 1.62. The van der Waals surface area contributed by atoms with Crippen LogP contribution in [0.5, 0.6) is 5.75 Å². The van der Waals surface area contributed by atoms with E-state index in [2.05, 4.69) is 5.32 Å². The zero-order chi connectivity index (χ0) is 14.4. The van der Waals surface area contributed by atoms with Crippen LogP contribution in [0.15, 0.2) is 54.6 Å². The van der Waals surface area contributed by atoms with Crippen LogP contribution in [0, 0.1) is 0 Å². The van der Waals surface area contributed by atoms with Gasteiger partial charge in [0.2, 0.25) is 0 Å². The highest BCUT2D eigenvalue weighted by Crippen LogP contribution is 2.17. The van der Waals surface area contributed by atoms with Crippen LogP contribution >= 0.6 is 0 Å². The second-order valence-corrected chi connectivity index (χ2v) is 4.46. The maximum atomic E-state index is 11.3. The van der Waals surface area contributed by atoms with E-state index in [0.717, 1.165) is 11.3 Å². The molecular weight excluding hydrogens is 254 g/mol. The number of aliphatic hydroxyl groups is 1. The number of nitrogens with one attached hydrogen (secondary N) is 1. The molecule has 0 aromatic heterocycles. The van der Waals surface area contributed by atoms with E-state index in [9.17, 15) is 4.79 Å². The van der Waals surface area contributed by atoms with Crippen LogP contribution in [0.1, 0.15) is 12.5 Å². The molecule has 0 fully saturated rings. The summed E-state index contributed by atoms with van der Waals surface area (Å²) in [7, 11) is 0. The maximum absolute atomic E-state index is 11.3. The average Bonchev–Trinajstić information content (AvgIpc) is 2.47. The Bertz CT molecular complexity index is 550. The first-order valence-electron chi connectivity index (χ1n) is 6.41. The van der Waals surface area contributed by atoms with Crippen molar-refractivity contribution in [2.75, 3.05) is 5.32 Å². The summed E-state index contributed by atoms with van der Waals surface area (Å²) < 4.78 is 5.64. The van der Waals surface area contributed by atoms with Crippen LogP contribution in [0.2, 0.25) is 0 Å². The molecule has 0 bridgehead atoms. The van der Waals surface area contributed by atoms with Gasteiger partial charge in [0.15, 0.2) is 0 Å². The number of hydrogen-bond acceptors (Lipinski definition) is 3. The highest BCUT2D eigenvalue weighted by molar-refractivity contribution is 5.93. The second-order valence-electron chi connectivity index (χ2n) is 4.46. The van der Waals surface area contributed by atoms with Gasteiger partial charge in [-0.3, -0.25) is 4.79 Å². The number of benzene rings is 2. The molecule has 104 valence electrons. The topological polar surface area (TPSA) is 58.6 Å². The van der Waals surface area contributed by atoms with Crippen molar-refractivity contribution in [2.24, 2.45) is 0 Å². The minimum Gasteiger partial charge on any atom is -0.489 e. The molecule has 0 saturated heterocycles. The van der Waals surface area contributed by atoms with Crippen LogP contribution in [-0.2, 0) is 11.4 Å². The number of aliphatic hydroxyl groups excluding tert-OH is 1. The molecule has 0 aliphatic heterocycles. The van der Waals surface area contributed by atoms with Crippen LogP contribution in [0.25, 0.3) is 0 Å². The third-order valence-electron chi connectivity index (χ3n) is 2.75. The highest BCUT2D eigenvalue weighted by atomic mass is 16.5. The zero-order valence-corrected chi connectivity index (χ0v) is 11.2. The molecule has 20 heavy (non-hydrogen) atoms. The lowest BCUT2D eigenvalue weighted by molar-refractivity contribution is -0.123. The first-order chi connectivity index (χ1) is 9.65. The quantitative estimate of drug-likeness (QED) is 0.878. The minimum atomic E-state index is -1.02. The van der Waals surface area contributed by atoms with E-state index < -0.39 is 12.0 Å². The second kappa shape index (κ2) is 6.73. The fraction of sp³-hybridized carbons (Fsp3) is 0.188. The molecule has 1 amide bonds. The summed E-state index contributed by atoms with van der Waals surface area (Å²) in [5.74, 6) is 0.298. The van der Waals surface area contributed by atoms with Gasteiger partial charge in [-0.05, 0) is 36.8 Å². The van der Waals surface area contributed by atoms with E-state index in [4.69, 9.17) is 9.84 Å². The highest BCUT2D eigenvalue weighted by Gasteiger charge is 2.08. The Kier molecular flexibility index (Phi) is 4.74. The molecule has 2 rings (SSSR count). The third-order valence-corrected chi connectivity index (χ3v) is 2.75. The summed E-state index contributed by atoms with van der Waals surface area (Å²) in [4.78, 5) is 11.3. The van der Waals surface area contributed by atoms with Gasteiger partial charge in [-0.2, -0.15) is 0 Å². The number of carbonyl (C=O) groups excluding carboxylic acids is 1. The summed E-state index contributed by atoms with van der Waals surface area (Å²) in [6, 6.07) is 16.9. The largest absolute Gasteiger partial charge is 0.489 e. The van der Waals surface area contributed by atoms with Crippen molar-refractivity contribution in [1.29, 1.82) is 0 Å². The van der Waals surface area contributed by atoms with Crippen LogP contribution in [-0.4, -0.2) is 17.1 Å². The molecule has 4 nitrogen and oxygen atoms in total. The Morgan fingerprint density at radius 3 is 2.40 bits per heavy atom. The summed E-state index contributed by atoms with van der Waals surface area (Å²) in [5, 5.41) is 11.7. The van der Waals surface area contributed by atoms with Crippen LogP contribution < -0.4 is 10.1 Å². The maximum Gasteiger partial charge on any atom is 0.252 e. The first kappa shape index (κ1) is 14.1. The Balaban J connectivity index is 1.90. The van der Waals surface area contributed by atoms with Gasteiger partial charge >= 0.3 is 0 Å². The number of hydrogen-bond donors (Lipinski definition) is 2. The van der Waals surface area contributed by atoms with Crippen molar-refractivity contribution < 1.29 is 14.6 Å². The monoisotopic (exact) mass is 271 g/mol. The predicted octanol–water partition coefficient (Wildman–Crippen LogP) is 2.58. The van der Waals surface area contributed by atoms with Gasteiger partial charge in [-0.15, -0.1) is 0 Å². The summed E-state index contributed by atoms with van der Waals surface area (Å²) in [5.41, 5.74) is 1.72. The Labute approximate surface area is 118 Å². The number of amides is 1. The number of carbonyl (C=O) groups is 1. The lowest BCUT2D eigenvalue weighted by Gasteiger charge is -2.09. The van der Waals surface area contributed by atoms with Crippen molar-refractivity contribution in [1.82, 2.24) is 0 Å². The standard InChI is InChI=1S/C16H17NO3/c1-12(18)16(19)17-14-7-9-15(10-8-14)20-11-13-5-3-2-4-6-13/h2-10,12,18H,11H2,1H3,(H,17,19). The van der Waals surface area contributed by atoms with E-state index in [1.165, 1.54) is 6.92 Å². The summed E-state index contributed by atoms with van der Waals surface area (Å²) >= 11 is 0. The first-order valence-corrected chi connectivity index (χ1v) is 6.41. The molecule has 1 unspecified atom stereocenters. The molecule has 4 heteroatoms. The summed E-state index contributed by atoms with van der Waals surface area (Å²) in [6.07, 6.45) is -1.02.